The van der Waals surface area contributed by atoms with Gasteiger partial charge in [-0.1, -0.05) is 18.1 Å². The normalized spacial score (nSPS) is 27.1. The van der Waals surface area contributed by atoms with Gasteiger partial charge in [0, 0.05) is 11.8 Å². The Labute approximate surface area is 90.2 Å². The van der Waals surface area contributed by atoms with Crippen molar-refractivity contribution < 1.29 is 0 Å². The third-order valence-electron chi connectivity index (χ3n) is 3.33. The van der Waals surface area contributed by atoms with Crippen LogP contribution in [-0.4, -0.2) is 4.98 Å². The van der Waals surface area contributed by atoms with Gasteiger partial charge >= 0.3 is 0 Å². The number of rotatable bonds is 0. The van der Waals surface area contributed by atoms with Gasteiger partial charge in [0.25, 0.3) is 0 Å². The first-order valence-corrected chi connectivity index (χ1v) is 5.56. The molecular weight excluding hydrogens is 182 g/mol. The fraction of sp³-hybridized carbons (Fsp3) is 0.357. The molecular formula is C14H13N. The van der Waals surface area contributed by atoms with Crippen molar-refractivity contribution in [1.82, 2.24) is 4.98 Å². The van der Waals surface area contributed by atoms with Crippen LogP contribution in [0.3, 0.4) is 0 Å². The predicted octanol–water partition coefficient (Wildman–Crippen LogP) is 2.79. The van der Waals surface area contributed by atoms with Gasteiger partial charge in [-0.25, -0.2) is 4.98 Å². The Hall–Kier alpha value is -1.55. The van der Waals surface area contributed by atoms with Gasteiger partial charge in [-0.2, -0.15) is 0 Å². The smallest absolute Gasteiger partial charge is 0.113 e. The molecule has 1 nitrogen and oxygen atoms in total. The van der Waals surface area contributed by atoms with Crippen LogP contribution >= 0.6 is 0 Å². The molecule has 2 unspecified atom stereocenters. The Bertz CT molecular complexity index is 447. The molecule has 1 heterocycles. The Kier molecular flexibility index (Phi) is 2.07. The maximum atomic E-state index is 4.20. The maximum Gasteiger partial charge on any atom is 0.113 e. The highest BCUT2D eigenvalue weighted by atomic mass is 14.6. The molecule has 1 aromatic heterocycles. The highest BCUT2D eigenvalue weighted by Gasteiger charge is 2.31. The summed E-state index contributed by atoms with van der Waals surface area (Å²) in [4.78, 5) is 4.20. The lowest BCUT2D eigenvalue weighted by Crippen LogP contribution is -1.94. The SMILES string of the molecule is C(#Cc1ccccn1)C1=CC2CCC1C2. The summed E-state index contributed by atoms with van der Waals surface area (Å²) in [6.07, 6.45) is 8.21. The molecule has 74 valence electrons. The van der Waals surface area contributed by atoms with Crippen LogP contribution < -0.4 is 0 Å². The van der Waals surface area contributed by atoms with Crippen LogP contribution in [0.4, 0.5) is 0 Å². The van der Waals surface area contributed by atoms with Crippen LogP contribution in [0, 0.1) is 23.7 Å². The first-order valence-electron chi connectivity index (χ1n) is 5.56. The average Bonchev–Trinajstić information content (AvgIpc) is 2.89. The van der Waals surface area contributed by atoms with Gasteiger partial charge in [-0.15, -0.1) is 0 Å². The van der Waals surface area contributed by atoms with Gasteiger partial charge in [0.05, 0.1) is 0 Å². The van der Waals surface area contributed by atoms with E-state index < -0.39 is 0 Å². The second-order valence-corrected chi connectivity index (χ2v) is 4.36. The van der Waals surface area contributed by atoms with E-state index >= 15 is 0 Å². The second-order valence-electron chi connectivity index (χ2n) is 4.36. The largest absolute Gasteiger partial charge is 0.248 e. The Balaban J connectivity index is 1.82. The summed E-state index contributed by atoms with van der Waals surface area (Å²) in [7, 11) is 0. The number of hydrogen-bond acceptors (Lipinski definition) is 1. The molecule has 1 fully saturated rings. The summed E-state index contributed by atoms with van der Waals surface area (Å²) in [6.45, 7) is 0. The van der Waals surface area contributed by atoms with Crippen LogP contribution in [0.1, 0.15) is 25.0 Å². The fourth-order valence-corrected chi connectivity index (χ4v) is 2.56. The highest BCUT2D eigenvalue weighted by Crippen LogP contribution is 2.43. The molecule has 2 bridgehead atoms. The standard InChI is InChI=1S/C14H13N/c1-2-8-15-14(3-1)7-6-13-10-11-4-5-12(13)9-11/h1-3,8,10-12H,4-5,9H2. The van der Waals surface area contributed by atoms with Crippen molar-refractivity contribution in [1.29, 1.82) is 0 Å². The van der Waals surface area contributed by atoms with E-state index in [1.165, 1.54) is 24.8 Å². The van der Waals surface area contributed by atoms with Crippen LogP contribution in [-0.2, 0) is 0 Å². The zero-order valence-corrected chi connectivity index (χ0v) is 8.61. The first kappa shape index (κ1) is 8.73. The van der Waals surface area contributed by atoms with E-state index in [1.807, 2.05) is 18.2 Å². The number of allylic oxidation sites excluding steroid dienone is 2. The first-order chi connectivity index (χ1) is 7.42. The summed E-state index contributed by atoms with van der Waals surface area (Å²) in [6, 6.07) is 5.86. The molecule has 2 atom stereocenters. The van der Waals surface area contributed by atoms with Gasteiger partial charge in [0.2, 0.25) is 0 Å². The molecule has 0 spiro atoms. The molecule has 1 heteroatoms. The van der Waals surface area contributed by atoms with Gasteiger partial charge in [0.1, 0.15) is 5.69 Å². The summed E-state index contributed by atoms with van der Waals surface area (Å²) >= 11 is 0. The van der Waals surface area contributed by atoms with E-state index in [0.717, 1.165) is 17.5 Å². The van der Waals surface area contributed by atoms with Crippen molar-refractivity contribution in [2.24, 2.45) is 11.8 Å². The van der Waals surface area contributed by atoms with Crippen LogP contribution in [0.2, 0.25) is 0 Å². The van der Waals surface area contributed by atoms with Crippen molar-refractivity contribution in [2.45, 2.75) is 19.3 Å². The van der Waals surface area contributed by atoms with Crippen LogP contribution in [0.15, 0.2) is 36.0 Å². The lowest BCUT2D eigenvalue weighted by molar-refractivity contribution is 0.675. The van der Waals surface area contributed by atoms with Crippen molar-refractivity contribution in [3.05, 3.63) is 41.7 Å². The van der Waals surface area contributed by atoms with Crippen LogP contribution in [0.25, 0.3) is 0 Å². The highest BCUT2D eigenvalue weighted by molar-refractivity contribution is 5.41. The molecule has 1 saturated carbocycles. The Morgan fingerprint density at radius 2 is 2.20 bits per heavy atom. The molecule has 0 N–H and O–H groups in total. The zero-order valence-electron chi connectivity index (χ0n) is 8.61. The predicted molar refractivity (Wildman–Crippen MR) is 60.0 cm³/mol. The lowest BCUT2D eigenvalue weighted by atomic mass is 9.99. The van der Waals surface area contributed by atoms with Gasteiger partial charge in [-0.3, -0.25) is 0 Å². The van der Waals surface area contributed by atoms with E-state index in [4.69, 9.17) is 0 Å². The number of aromatic nitrogens is 1. The van der Waals surface area contributed by atoms with Gasteiger partial charge in [0.15, 0.2) is 0 Å². The van der Waals surface area contributed by atoms with E-state index in [9.17, 15) is 0 Å². The molecule has 2 aliphatic rings. The number of hydrogen-bond donors (Lipinski definition) is 0. The lowest BCUT2D eigenvalue weighted by Gasteiger charge is -2.05. The van der Waals surface area contributed by atoms with Gasteiger partial charge in [-0.05, 0) is 49.2 Å². The van der Waals surface area contributed by atoms with Crippen molar-refractivity contribution >= 4 is 0 Å². The average molecular weight is 195 g/mol. The second kappa shape index (κ2) is 3.55. The summed E-state index contributed by atoms with van der Waals surface area (Å²) in [5.74, 6) is 8.00. The molecule has 3 rings (SSSR count). The number of nitrogens with zero attached hydrogens (tertiary/aromatic N) is 1. The Morgan fingerprint density at radius 3 is 2.87 bits per heavy atom. The summed E-state index contributed by atoms with van der Waals surface area (Å²) in [5, 5.41) is 0. The zero-order chi connectivity index (χ0) is 10.1. The molecule has 15 heavy (non-hydrogen) atoms. The molecule has 0 saturated heterocycles. The Morgan fingerprint density at radius 1 is 1.20 bits per heavy atom. The van der Waals surface area contributed by atoms with E-state index in [2.05, 4.69) is 22.9 Å². The molecule has 2 aliphatic carbocycles. The molecule has 0 radical (unpaired) electrons. The minimum absolute atomic E-state index is 0.756. The topological polar surface area (TPSA) is 12.9 Å². The van der Waals surface area contributed by atoms with Crippen molar-refractivity contribution in [2.75, 3.05) is 0 Å². The van der Waals surface area contributed by atoms with E-state index in [-0.39, 0.29) is 0 Å². The van der Waals surface area contributed by atoms with E-state index in [1.54, 1.807) is 6.20 Å². The monoisotopic (exact) mass is 195 g/mol. The van der Waals surface area contributed by atoms with Crippen LogP contribution in [0.5, 0.6) is 0 Å². The quantitative estimate of drug-likeness (QED) is 0.580. The molecule has 0 amide bonds. The number of pyridine rings is 1. The van der Waals surface area contributed by atoms with E-state index in [0.29, 0.717) is 0 Å². The number of fused-ring (bicyclic) bond motifs is 2. The minimum Gasteiger partial charge on any atom is -0.248 e. The minimum atomic E-state index is 0.756. The third-order valence-corrected chi connectivity index (χ3v) is 3.33. The van der Waals surface area contributed by atoms with Crippen molar-refractivity contribution in [3.8, 4) is 11.8 Å². The maximum absolute atomic E-state index is 4.20. The summed E-state index contributed by atoms with van der Waals surface area (Å²) in [5.41, 5.74) is 2.23. The fourth-order valence-electron chi connectivity index (χ4n) is 2.56. The molecule has 1 aromatic rings. The van der Waals surface area contributed by atoms with Gasteiger partial charge < -0.3 is 0 Å². The molecule has 0 aliphatic heterocycles. The van der Waals surface area contributed by atoms with Crippen molar-refractivity contribution in [3.63, 3.8) is 0 Å². The summed E-state index contributed by atoms with van der Waals surface area (Å²) < 4.78 is 0. The molecule has 0 aromatic carbocycles. The third kappa shape index (κ3) is 1.68.